The smallest absolute Gasteiger partial charge is 0.403 e. The maximum atomic E-state index is 12.5. The number of hydrogen-bond acceptors (Lipinski definition) is 2. The monoisotopic (exact) mass is 289 g/mol. The molecule has 2 N–H and O–H groups in total. The van der Waals surface area contributed by atoms with E-state index in [1.165, 1.54) is 0 Å². The summed E-state index contributed by atoms with van der Waals surface area (Å²) in [6.07, 6.45) is -4.74. The van der Waals surface area contributed by atoms with Crippen LogP contribution in [0.5, 0.6) is 0 Å². The van der Waals surface area contributed by atoms with Gasteiger partial charge in [-0.3, -0.25) is 4.79 Å². The maximum absolute atomic E-state index is 12.5. The largest absolute Gasteiger partial charge is 0.481 e. The molecule has 112 valence electrons. The summed E-state index contributed by atoms with van der Waals surface area (Å²) in [5.41, 5.74) is 0.599. The van der Waals surface area contributed by atoms with E-state index in [0.29, 0.717) is 0 Å². The van der Waals surface area contributed by atoms with Crippen LogP contribution < -0.4 is 5.32 Å². The van der Waals surface area contributed by atoms with Crippen LogP contribution in [0, 0.1) is 5.92 Å². The highest BCUT2D eigenvalue weighted by Gasteiger charge is 2.44. The Labute approximate surface area is 115 Å². The summed E-state index contributed by atoms with van der Waals surface area (Å²) >= 11 is 0. The molecule has 0 heterocycles. The predicted molar refractivity (Wildman–Crippen MR) is 69.5 cm³/mol. The second kappa shape index (κ2) is 6.26. The van der Waals surface area contributed by atoms with Gasteiger partial charge in [-0.1, -0.05) is 44.2 Å². The molecule has 0 aromatic heterocycles. The summed E-state index contributed by atoms with van der Waals surface area (Å²) in [5.74, 6) is -4.24. The van der Waals surface area contributed by atoms with Crippen molar-refractivity contribution in [1.82, 2.24) is 5.32 Å². The summed E-state index contributed by atoms with van der Waals surface area (Å²) in [6, 6.07) is 9.34. The summed E-state index contributed by atoms with van der Waals surface area (Å²) in [5, 5.41) is 11.2. The Kier molecular flexibility index (Phi) is 5.16. The van der Waals surface area contributed by atoms with Crippen LogP contribution in [0.4, 0.5) is 13.2 Å². The molecule has 0 aliphatic rings. The van der Waals surface area contributed by atoms with E-state index in [-0.39, 0.29) is 12.0 Å². The van der Waals surface area contributed by atoms with E-state index in [0.717, 1.165) is 5.56 Å². The zero-order valence-electron chi connectivity index (χ0n) is 11.4. The second-order valence-electron chi connectivity index (χ2n) is 5.31. The van der Waals surface area contributed by atoms with Gasteiger partial charge >= 0.3 is 12.1 Å². The molecule has 3 nitrogen and oxygen atoms in total. The summed E-state index contributed by atoms with van der Waals surface area (Å²) in [4.78, 5) is 10.6. The molecule has 1 atom stereocenters. The number of benzene rings is 1. The Morgan fingerprint density at radius 3 is 2.25 bits per heavy atom. The number of halogens is 3. The molecular formula is C14H18F3NO2. The molecule has 0 fully saturated rings. The molecule has 0 saturated heterocycles. The van der Waals surface area contributed by atoms with Crippen molar-refractivity contribution >= 4 is 5.97 Å². The van der Waals surface area contributed by atoms with E-state index >= 15 is 0 Å². The van der Waals surface area contributed by atoms with Gasteiger partial charge < -0.3 is 10.4 Å². The lowest BCUT2D eigenvalue weighted by Gasteiger charge is -2.27. The van der Waals surface area contributed by atoms with E-state index in [1.54, 1.807) is 0 Å². The molecule has 0 amide bonds. The van der Waals surface area contributed by atoms with Crippen LogP contribution in [0.25, 0.3) is 0 Å². The molecule has 0 saturated carbocycles. The molecule has 1 rings (SSSR count). The summed E-state index contributed by atoms with van der Waals surface area (Å²) < 4.78 is 37.5. The van der Waals surface area contributed by atoms with Crippen molar-refractivity contribution in [2.24, 2.45) is 5.92 Å². The van der Waals surface area contributed by atoms with Gasteiger partial charge in [-0.2, -0.15) is 13.2 Å². The van der Waals surface area contributed by atoms with Gasteiger partial charge in [0.25, 0.3) is 0 Å². The maximum Gasteiger partial charge on any atom is 0.403 e. The third-order valence-corrected chi connectivity index (χ3v) is 3.16. The van der Waals surface area contributed by atoms with Gasteiger partial charge in [-0.15, -0.1) is 0 Å². The van der Waals surface area contributed by atoms with Gasteiger partial charge in [-0.05, 0) is 5.56 Å². The number of carboxylic acid groups (broad SMARTS) is 1. The minimum Gasteiger partial charge on any atom is -0.481 e. The molecule has 0 spiro atoms. The fourth-order valence-corrected chi connectivity index (χ4v) is 1.86. The van der Waals surface area contributed by atoms with Crippen LogP contribution in [0.15, 0.2) is 30.3 Å². The minimum absolute atomic E-state index is 0.261. The van der Waals surface area contributed by atoms with Gasteiger partial charge in [-0.25, -0.2) is 0 Å². The first-order valence-electron chi connectivity index (χ1n) is 6.20. The van der Waals surface area contributed by atoms with Gasteiger partial charge in [0.2, 0.25) is 0 Å². The fourth-order valence-electron chi connectivity index (χ4n) is 1.86. The Bertz CT molecular complexity index is 443. The standard InChI is InChI=1S/C14H18F3NO2/c1-13(2,10-6-4-3-5-7-10)9-18-8-11(12(19)20)14(15,16)17/h3-7,11,18H,8-9H2,1-2H3,(H,19,20). The Hall–Kier alpha value is -1.56. The van der Waals surface area contributed by atoms with Gasteiger partial charge in [0, 0.05) is 18.5 Å². The van der Waals surface area contributed by atoms with Crippen LogP contribution >= 0.6 is 0 Å². The van der Waals surface area contributed by atoms with Crippen molar-refractivity contribution in [2.75, 3.05) is 13.1 Å². The first kappa shape index (κ1) is 16.5. The minimum atomic E-state index is -4.74. The van der Waals surface area contributed by atoms with Crippen LogP contribution in [0.3, 0.4) is 0 Å². The topological polar surface area (TPSA) is 49.3 Å². The van der Waals surface area contributed by atoms with Crippen molar-refractivity contribution in [1.29, 1.82) is 0 Å². The van der Waals surface area contributed by atoms with Crippen molar-refractivity contribution in [3.8, 4) is 0 Å². The number of nitrogens with one attached hydrogen (secondary N) is 1. The molecule has 0 radical (unpaired) electrons. The third kappa shape index (κ3) is 4.52. The number of carboxylic acids is 1. The number of hydrogen-bond donors (Lipinski definition) is 2. The zero-order valence-corrected chi connectivity index (χ0v) is 11.4. The van der Waals surface area contributed by atoms with Crippen LogP contribution in [0.1, 0.15) is 19.4 Å². The van der Waals surface area contributed by atoms with E-state index in [9.17, 15) is 18.0 Å². The first-order chi connectivity index (χ1) is 9.14. The molecule has 0 aliphatic heterocycles. The highest BCUT2D eigenvalue weighted by Crippen LogP contribution is 2.26. The molecule has 1 aromatic carbocycles. The summed E-state index contributed by atoms with van der Waals surface area (Å²) in [6.45, 7) is 3.41. The summed E-state index contributed by atoms with van der Waals surface area (Å²) in [7, 11) is 0. The average molecular weight is 289 g/mol. The van der Waals surface area contributed by atoms with E-state index in [4.69, 9.17) is 5.11 Å². The Morgan fingerprint density at radius 2 is 1.80 bits per heavy atom. The Balaban J connectivity index is 2.61. The van der Waals surface area contributed by atoms with Crippen LogP contribution in [-0.2, 0) is 10.2 Å². The predicted octanol–water partition coefficient (Wildman–Crippen LogP) is 2.82. The van der Waals surface area contributed by atoms with Crippen LogP contribution in [0.2, 0.25) is 0 Å². The van der Waals surface area contributed by atoms with Crippen molar-refractivity contribution in [3.05, 3.63) is 35.9 Å². The molecule has 6 heteroatoms. The van der Waals surface area contributed by atoms with Crippen molar-refractivity contribution < 1.29 is 23.1 Å². The lowest BCUT2D eigenvalue weighted by molar-refractivity contribution is -0.192. The lowest BCUT2D eigenvalue weighted by Crippen LogP contribution is -2.42. The van der Waals surface area contributed by atoms with Crippen molar-refractivity contribution in [2.45, 2.75) is 25.4 Å². The van der Waals surface area contributed by atoms with Gasteiger partial charge in [0.1, 0.15) is 0 Å². The number of carbonyl (C=O) groups is 1. The first-order valence-corrected chi connectivity index (χ1v) is 6.20. The van der Waals surface area contributed by atoms with Crippen LogP contribution in [-0.4, -0.2) is 30.3 Å². The molecule has 1 aromatic rings. The molecule has 20 heavy (non-hydrogen) atoms. The third-order valence-electron chi connectivity index (χ3n) is 3.16. The van der Waals surface area contributed by atoms with Crippen molar-refractivity contribution in [3.63, 3.8) is 0 Å². The average Bonchev–Trinajstić information content (AvgIpc) is 2.33. The zero-order chi connectivity index (χ0) is 15.4. The highest BCUT2D eigenvalue weighted by atomic mass is 19.4. The molecule has 0 aliphatic carbocycles. The van der Waals surface area contributed by atoms with E-state index in [2.05, 4.69) is 5.32 Å². The van der Waals surface area contributed by atoms with E-state index < -0.39 is 24.6 Å². The van der Waals surface area contributed by atoms with Gasteiger partial charge in [0.15, 0.2) is 5.92 Å². The SMILES string of the molecule is CC(C)(CNCC(C(=O)O)C(F)(F)F)c1ccccc1. The lowest BCUT2D eigenvalue weighted by atomic mass is 9.84. The quantitative estimate of drug-likeness (QED) is 0.846. The normalized spacial score (nSPS) is 14.1. The molecule has 0 bridgehead atoms. The number of rotatable bonds is 6. The molecular weight excluding hydrogens is 271 g/mol. The second-order valence-corrected chi connectivity index (χ2v) is 5.31. The van der Waals surface area contributed by atoms with E-state index in [1.807, 2.05) is 44.2 Å². The fraction of sp³-hybridized carbons (Fsp3) is 0.500. The number of alkyl halides is 3. The number of aliphatic carboxylic acids is 1. The van der Waals surface area contributed by atoms with Gasteiger partial charge in [0.05, 0.1) is 0 Å². The highest BCUT2D eigenvalue weighted by molar-refractivity contribution is 5.71. The Morgan fingerprint density at radius 1 is 1.25 bits per heavy atom. The molecule has 1 unspecified atom stereocenters.